The molecule has 2 aromatic heterocycles. The van der Waals surface area contributed by atoms with Crippen LogP contribution in [0.15, 0.2) is 35.1 Å². The maximum Gasteiger partial charge on any atom is 0.295 e. The topological polar surface area (TPSA) is 80.1 Å². The molecule has 0 aliphatic carbocycles. The summed E-state index contributed by atoms with van der Waals surface area (Å²) in [5, 5.41) is 3.50. The monoisotopic (exact) mass is 447 g/mol. The van der Waals surface area contributed by atoms with Gasteiger partial charge in [0.25, 0.3) is 12.0 Å². The number of fused-ring (bicyclic) bond motifs is 1. The minimum atomic E-state index is -2.85. The summed E-state index contributed by atoms with van der Waals surface area (Å²) in [4.78, 5) is 36.1. The molecule has 0 unspecified atom stereocenters. The average molecular weight is 448 g/mol. The van der Waals surface area contributed by atoms with E-state index in [0.717, 1.165) is 27.9 Å². The van der Waals surface area contributed by atoms with Crippen molar-refractivity contribution in [3.63, 3.8) is 0 Å². The third kappa shape index (κ3) is 4.04. The molecular weight excluding hydrogens is 424 g/mol. The number of rotatable bonds is 6. The summed E-state index contributed by atoms with van der Waals surface area (Å²) in [7, 11) is 0. The van der Waals surface area contributed by atoms with Crippen LogP contribution in [0.3, 0.4) is 0 Å². The van der Waals surface area contributed by atoms with Gasteiger partial charge >= 0.3 is 0 Å². The molecule has 3 aromatic rings. The molecule has 1 saturated heterocycles. The summed E-state index contributed by atoms with van der Waals surface area (Å²) in [6.45, 7) is 4.22. The molecule has 1 aliphatic rings. The molecule has 0 bridgehead atoms. The Labute approximate surface area is 181 Å². The summed E-state index contributed by atoms with van der Waals surface area (Å²) >= 11 is 1.07. The number of anilines is 1. The van der Waals surface area contributed by atoms with E-state index in [0.29, 0.717) is 18.1 Å². The number of carbonyl (C=O) groups is 1. The molecule has 0 saturated carbocycles. The number of halogens is 2. The number of aromatic nitrogens is 3. The first-order chi connectivity index (χ1) is 14.9. The molecule has 1 aliphatic heterocycles. The number of amides is 1. The van der Waals surface area contributed by atoms with Gasteiger partial charge in [0.2, 0.25) is 5.91 Å². The first-order valence-electron chi connectivity index (χ1n) is 10.2. The van der Waals surface area contributed by atoms with Crippen molar-refractivity contribution < 1.29 is 13.6 Å². The lowest BCUT2D eigenvalue weighted by molar-refractivity contribution is -0.122. The summed E-state index contributed by atoms with van der Waals surface area (Å²) in [6.07, 6.45) is -1.41. The van der Waals surface area contributed by atoms with Crippen LogP contribution in [0.25, 0.3) is 10.3 Å². The normalized spacial score (nSPS) is 17.5. The lowest BCUT2D eigenvalue weighted by atomic mass is 10.1. The predicted molar refractivity (Wildman–Crippen MR) is 116 cm³/mol. The number of benzene rings is 1. The second-order valence-electron chi connectivity index (χ2n) is 7.46. The van der Waals surface area contributed by atoms with Gasteiger partial charge in [-0.2, -0.15) is 0 Å². The Morgan fingerprint density at radius 1 is 1.29 bits per heavy atom. The molecule has 0 spiro atoms. The zero-order chi connectivity index (χ0) is 22.1. The minimum absolute atomic E-state index is 0.0648. The Bertz CT molecular complexity index is 1150. The Kier molecular flexibility index (Phi) is 5.99. The molecule has 1 N–H and O–H groups in total. The van der Waals surface area contributed by atoms with Crippen LogP contribution in [-0.4, -0.2) is 33.0 Å². The van der Waals surface area contributed by atoms with Crippen LogP contribution in [0.1, 0.15) is 50.5 Å². The van der Waals surface area contributed by atoms with Crippen molar-refractivity contribution in [3.8, 4) is 0 Å². The molecule has 164 valence electrons. The molecular formula is C21H23F2N5O2S. The summed E-state index contributed by atoms with van der Waals surface area (Å²) in [5.41, 5.74) is 0.488. The van der Waals surface area contributed by atoms with Gasteiger partial charge in [0.05, 0.1) is 6.04 Å². The summed E-state index contributed by atoms with van der Waals surface area (Å²) in [6, 6.07) is 9.08. The quantitative estimate of drug-likeness (QED) is 0.624. The number of alkyl halides is 2. The predicted octanol–water partition coefficient (Wildman–Crippen LogP) is 3.66. The van der Waals surface area contributed by atoms with E-state index in [1.807, 2.05) is 42.2 Å². The Balaban J connectivity index is 1.62. The van der Waals surface area contributed by atoms with Crippen LogP contribution in [0.5, 0.6) is 0 Å². The SMILES string of the molecule is CCn1c(C(F)F)nc2sc(N3CCC[C@@H]3C(=O)N[C@H](C)c3ccccc3)nc2c1=O. The van der Waals surface area contributed by atoms with Crippen molar-refractivity contribution >= 4 is 32.7 Å². The third-order valence-corrected chi connectivity index (χ3v) is 6.50. The van der Waals surface area contributed by atoms with Crippen molar-refractivity contribution in [1.29, 1.82) is 0 Å². The molecule has 4 rings (SSSR count). The Morgan fingerprint density at radius 3 is 2.71 bits per heavy atom. The van der Waals surface area contributed by atoms with Gasteiger partial charge in [-0.1, -0.05) is 41.7 Å². The van der Waals surface area contributed by atoms with Crippen molar-refractivity contribution in [3.05, 3.63) is 52.1 Å². The van der Waals surface area contributed by atoms with E-state index >= 15 is 0 Å². The van der Waals surface area contributed by atoms with E-state index in [1.54, 1.807) is 6.92 Å². The number of thiazole rings is 1. The van der Waals surface area contributed by atoms with Crippen molar-refractivity contribution in [1.82, 2.24) is 19.9 Å². The molecule has 7 nitrogen and oxygen atoms in total. The van der Waals surface area contributed by atoms with Gasteiger partial charge < -0.3 is 10.2 Å². The van der Waals surface area contributed by atoms with Crippen LogP contribution in [0, 0.1) is 0 Å². The van der Waals surface area contributed by atoms with Gasteiger partial charge in [0.1, 0.15) is 6.04 Å². The maximum absolute atomic E-state index is 13.4. The highest BCUT2D eigenvalue weighted by Gasteiger charge is 2.34. The van der Waals surface area contributed by atoms with Crippen LogP contribution in [0.4, 0.5) is 13.9 Å². The molecule has 1 aromatic carbocycles. The summed E-state index contributed by atoms with van der Waals surface area (Å²) in [5.74, 6) is -0.678. The highest BCUT2D eigenvalue weighted by atomic mass is 32.1. The summed E-state index contributed by atoms with van der Waals surface area (Å²) < 4.78 is 27.7. The van der Waals surface area contributed by atoms with Crippen LogP contribution >= 0.6 is 11.3 Å². The molecule has 1 fully saturated rings. The minimum Gasteiger partial charge on any atom is -0.348 e. The van der Waals surface area contributed by atoms with Crippen molar-refractivity contribution in [2.24, 2.45) is 0 Å². The first-order valence-corrected chi connectivity index (χ1v) is 11.0. The Hall–Kier alpha value is -2.88. The fourth-order valence-corrected chi connectivity index (χ4v) is 4.92. The zero-order valence-corrected chi connectivity index (χ0v) is 18.0. The van der Waals surface area contributed by atoms with Crippen LogP contribution < -0.4 is 15.8 Å². The Morgan fingerprint density at radius 2 is 2.03 bits per heavy atom. The first kappa shape index (κ1) is 21.4. The van der Waals surface area contributed by atoms with E-state index in [4.69, 9.17) is 0 Å². The second kappa shape index (κ2) is 8.70. The van der Waals surface area contributed by atoms with Crippen molar-refractivity contribution in [2.75, 3.05) is 11.4 Å². The van der Waals surface area contributed by atoms with Gasteiger partial charge in [-0.3, -0.25) is 14.2 Å². The van der Waals surface area contributed by atoms with E-state index in [1.165, 1.54) is 0 Å². The lowest BCUT2D eigenvalue weighted by Gasteiger charge is -2.25. The standard InChI is InChI=1S/C21H23F2N5O2S/c1-3-27-17(16(22)23)26-19-15(20(27)30)25-21(31-19)28-11-7-10-14(28)18(29)24-12(2)13-8-5-4-6-9-13/h4-6,8-9,12,14,16H,3,7,10-11H2,1-2H3,(H,24,29)/t12-,14-/m1/s1. The van der Waals surface area contributed by atoms with Crippen molar-refractivity contribution in [2.45, 2.75) is 51.7 Å². The number of nitrogens with one attached hydrogen (secondary N) is 1. The second-order valence-corrected chi connectivity index (χ2v) is 8.42. The average Bonchev–Trinajstić information content (AvgIpc) is 3.41. The smallest absolute Gasteiger partial charge is 0.295 e. The third-order valence-electron chi connectivity index (χ3n) is 5.51. The number of hydrogen-bond donors (Lipinski definition) is 1. The largest absolute Gasteiger partial charge is 0.348 e. The molecule has 0 radical (unpaired) electrons. The van der Waals surface area contributed by atoms with E-state index in [9.17, 15) is 18.4 Å². The van der Waals surface area contributed by atoms with Gasteiger partial charge in [0, 0.05) is 13.1 Å². The lowest BCUT2D eigenvalue weighted by Crippen LogP contribution is -2.44. The number of carbonyl (C=O) groups excluding carboxylic acids is 1. The van der Waals surface area contributed by atoms with Gasteiger partial charge in [-0.25, -0.2) is 18.7 Å². The van der Waals surface area contributed by atoms with E-state index in [-0.39, 0.29) is 28.8 Å². The number of hydrogen-bond acceptors (Lipinski definition) is 6. The van der Waals surface area contributed by atoms with E-state index in [2.05, 4.69) is 15.3 Å². The van der Waals surface area contributed by atoms with Crippen LogP contribution in [-0.2, 0) is 11.3 Å². The maximum atomic E-state index is 13.4. The van der Waals surface area contributed by atoms with Crippen LogP contribution in [0.2, 0.25) is 0 Å². The van der Waals surface area contributed by atoms with Gasteiger partial charge in [-0.15, -0.1) is 0 Å². The molecule has 1 amide bonds. The molecule has 10 heteroatoms. The van der Waals surface area contributed by atoms with Gasteiger partial charge in [0.15, 0.2) is 21.3 Å². The highest BCUT2D eigenvalue weighted by molar-refractivity contribution is 7.21. The molecule has 3 heterocycles. The van der Waals surface area contributed by atoms with Gasteiger partial charge in [-0.05, 0) is 32.3 Å². The number of nitrogens with zero attached hydrogens (tertiary/aromatic N) is 4. The highest BCUT2D eigenvalue weighted by Crippen LogP contribution is 2.32. The molecule has 2 atom stereocenters. The van der Waals surface area contributed by atoms with E-state index < -0.39 is 23.9 Å². The fraction of sp³-hybridized carbons (Fsp3) is 0.429. The molecule has 31 heavy (non-hydrogen) atoms. The fourth-order valence-electron chi connectivity index (χ4n) is 3.91. The zero-order valence-electron chi connectivity index (χ0n) is 17.2.